The molecule has 1 N–H and O–H groups in total. The van der Waals surface area contributed by atoms with E-state index >= 15 is 0 Å². The van der Waals surface area contributed by atoms with Gasteiger partial charge in [-0.1, -0.05) is 24.3 Å². The molecule has 0 aliphatic heterocycles. The van der Waals surface area contributed by atoms with E-state index in [0.29, 0.717) is 33.7 Å². The van der Waals surface area contributed by atoms with Crippen molar-refractivity contribution < 1.29 is 9.66 Å². The molecule has 0 aliphatic rings. The van der Waals surface area contributed by atoms with Crippen LogP contribution in [0.25, 0.3) is 22.3 Å². The van der Waals surface area contributed by atoms with Crippen LogP contribution in [0.4, 0.5) is 5.82 Å². The van der Waals surface area contributed by atoms with Gasteiger partial charge in [-0.3, -0.25) is 4.79 Å². The van der Waals surface area contributed by atoms with Gasteiger partial charge in [0, 0.05) is 0 Å². The smallest absolute Gasteiger partial charge is 0.390 e. The minimum Gasteiger partial charge on any atom is -0.469 e. The van der Waals surface area contributed by atoms with E-state index in [0.717, 1.165) is 0 Å². The summed E-state index contributed by atoms with van der Waals surface area (Å²) in [4.78, 5) is 30.0. The van der Waals surface area contributed by atoms with E-state index in [-0.39, 0.29) is 18.1 Å². The lowest BCUT2D eigenvalue weighted by atomic mass is 10.1. The Morgan fingerprint density at radius 1 is 1.18 bits per heavy atom. The lowest BCUT2D eigenvalue weighted by Crippen LogP contribution is -2.11. The van der Waals surface area contributed by atoms with E-state index in [1.165, 1.54) is 10.7 Å². The number of fused-ring (bicyclic) bond motifs is 1. The van der Waals surface area contributed by atoms with Gasteiger partial charge in [-0.25, -0.2) is 4.98 Å². The minimum atomic E-state index is -0.554. The lowest BCUT2D eigenvalue weighted by Gasteiger charge is -2.11. The molecule has 140 valence electrons. The van der Waals surface area contributed by atoms with Crippen LogP contribution in [-0.2, 0) is 6.73 Å². The third-order valence-electron chi connectivity index (χ3n) is 4.25. The minimum absolute atomic E-state index is 0.0193. The van der Waals surface area contributed by atoms with Crippen LogP contribution in [0, 0.1) is 17.0 Å². The second-order valence-corrected chi connectivity index (χ2v) is 6.10. The fourth-order valence-electron chi connectivity index (χ4n) is 2.85. The van der Waals surface area contributed by atoms with Gasteiger partial charge < -0.3 is 19.8 Å². The fraction of sp³-hybridized carbons (Fsp3) is 0.105. The molecule has 0 radical (unpaired) electrons. The highest BCUT2D eigenvalue weighted by molar-refractivity contribution is 5.80. The first-order valence-corrected chi connectivity index (χ1v) is 8.43. The van der Waals surface area contributed by atoms with Gasteiger partial charge in [0.25, 0.3) is 5.56 Å². The van der Waals surface area contributed by atoms with E-state index in [1.807, 2.05) is 6.07 Å². The van der Waals surface area contributed by atoms with Crippen molar-refractivity contribution >= 4 is 16.7 Å². The summed E-state index contributed by atoms with van der Waals surface area (Å²) in [6.07, 6.45) is 0. The maximum Gasteiger partial charge on any atom is 0.390 e. The van der Waals surface area contributed by atoms with Crippen LogP contribution in [0.5, 0.6) is 5.75 Å². The molecule has 0 atom stereocenters. The number of aromatic nitrogens is 4. The fourth-order valence-corrected chi connectivity index (χ4v) is 2.85. The van der Waals surface area contributed by atoms with Crippen LogP contribution in [0.2, 0.25) is 0 Å². The largest absolute Gasteiger partial charge is 0.469 e. The molecule has 2 heterocycles. The van der Waals surface area contributed by atoms with Crippen molar-refractivity contribution in [3.63, 3.8) is 0 Å². The number of nitro groups is 1. The zero-order valence-corrected chi connectivity index (χ0v) is 14.8. The number of aromatic amines is 1. The summed E-state index contributed by atoms with van der Waals surface area (Å²) in [7, 11) is 0. The molecule has 2 aromatic heterocycles. The molecule has 4 rings (SSSR count). The summed E-state index contributed by atoms with van der Waals surface area (Å²) in [6, 6.07) is 15.6. The average Bonchev–Trinajstić information content (AvgIpc) is 3.07. The van der Waals surface area contributed by atoms with E-state index in [1.54, 1.807) is 49.4 Å². The second-order valence-electron chi connectivity index (χ2n) is 6.10. The molecule has 0 spiro atoms. The van der Waals surface area contributed by atoms with Crippen molar-refractivity contribution in [3.05, 3.63) is 80.8 Å². The lowest BCUT2D eigenvalue weighted by molar-refractivity contribution is -0.389. The zero-order valence-electron chi connectivity index (χ0n) is 14.8. The van der Waals surface area contributed by atoms with E-state index in [2.05, 4.69) is 15.1 Å². The van der Waals surface area contributed by atoms with Gasteiger partial charge >= 0.3 is 5.82 Å². The first-order chi connectivity index (χ1) is 13.5. The van der Waals surface area contributed by atoms with E-state index in [9.17, 15) is 14.9 Å². The summed E-state index contributed by atoms with van der Waals surface area (Å²) in [5.41, 5.74) is 1.54. The normalized spacial score (nSPS) is 10.9. The number of benzene rings is 2. The van der Waals surface area contributed by atoms with Crippen LogP contribution >= 0.6 is 0 Å². The number of rotatable bonds is 5. The molecule has 0 saturated carbocycles. The molecular weight excluding hydrogens is 362 g/mol. The predicted octanol–water partition coefficient (Wildman–Crippen LogP) is 3.04. The molecular formula is C19H15N5O4. The Bertz CT molecular complexity index is 1240. The van der Waals surface area contributed by atoms with Gasteiger partial charge in [0.2, 0.25) is 6.73 Å². The van der Waals surface area contributed by atoms with Crippen LogP contribution < -0.4 is 10.3 Å². The number of aryl methyl sites for hydroxylation is 1. The number of para-hydroxylation sites is 2. The maximum absolute atomic E-state index is 12.4. The maximum atomic E-state index is 12.4. The molecule has 0 fully saturated rings. The average molecular weight is 377 g/mol. The first-order valence-electron chi connectivity index (χ1n) is 8.43. The Hall–Kier alpha value is -4.01. The third-order valence-corrected chi connectivity index (χ3v) is 4.25. The number of hydrogen-bond acceptors (Lipinski definition) is 6. The van der Waals surface area contributed by atoms with Gasteiger partial charge in [0.15, 0.2) is 0 Å². The molecule has 0 bridgehead atoms. The van der Waals surface area contributed by atoms with Crippen molar-refractivity contribution in [2.24, 2.45) is 0 Å². The Kier molecular flexibility index (Phi) is 4.32. The number of nitrogens with one attached hydrogen (secondary N) is 1. The first kappa shape index (κ1) is 17.4. The topological polar surface area (TPSA) is 116 Å². The number of nitrogens with zero attached hydrogens (tertiary/aromatic N) is 4. The molecule has 28 heavy (non-hydrogen) atoms. The Morgan fingerprint density at radius 2 is 1.93 bits per heavy atom. The van der Waals surface area contributed by atoms with Crippen molar-refractivity contribution in [2.75, 3.05) is 0 Å². The summed E-state index contributed by atoms with van der Waals surface area (Å²) >= 11 is 0. The van der Waals surface area contributed by atoms with E-state index in [4.69, 9.17) is 4.74 Å². The summed E-state index contributed by atoms with van der Waals surface area (Å²) in [6.45, 7) is 1.69. The Labute approximate surface area is 158 Å². The summed E-state index contributed by atoms with van der Waals surface area (Å²) in [5.74, 6) is 0.607. The van der Waals surface area contributed by atoms with Crippen molar-refractivity contribution in [1.82, 2.24) is 19.7 Å². The number of hydrogen-bond donors (Lipinski definition) is 1. The van der Waals surface area contributed by atoms with Crippen molar-refractivity contribution in [1.29, 1.82) is 0 Å². The molecule has 0 unspecified atom stereocenters. The highest BCUT2D eigenvalue weighted by atomic mass is 16.6. The van der Waals surface area contributed by atoms with Gasteiger partial charge in [-0.15, -0.1) is 4.68 Å². The molecule has 0 aliphatic carbocycles. The highest BCUT2D eigenvalue weighted by Crippen LogP contribution is 2.28. The monoisotopic (exact) mass is 377 g/mol. The van der Waals surface area contributed by atoms with Gasteiger partial charge in [-0.05, 0) is 36.1 Å². The Morgan fingerprint density at radius 3 is 2.71 bits per heavy atom. The van der Waals surface area contributed by atoms with Gasteiger partial charge in [0.1, 0.15) is 11.6 Å². The van der Waals surface area contributed by atoms with Crippen LogP contribution in [-0.4, -0.2) is 24.7 Å². The molecule has 2 aromatic carbocycles. The molecule has 0 saturated heterocycles. The van der Waals surface area contributed by atoms with Crippen molar-refractivity contribution in [2.45, 2.75) is 13.7 Å². The summed E-state index contributed by atoms with van der Waals surface area (Å²) in [5, 5.41) is 15.3. The number of H-pyrrole nitrogens is 1. The predicted molar refractivity (Wildman–Crippen MR) is 102 cm³/mol. The molecule has 9 heteroatoms. The van der Waals surface area contributed by atoms with Crippen LogP contribution in [0.3, 0.4) is 0 Å². The van der Waals surface area contributed by atoms with Crippen LogP contribution in [0.1, 0.15) is 5.69 Å². The van der Waals surface area contributed by atoms with Gasteiger partial charge in [-0.2, -0.15) is 0 Å². The SMILES string of the molecule is Cc1cc([N+](=O)[O-])nn1COc1ccccc1-c1nc2ccccc2c(=O)[nH]1. The standard InChI is InChI=1S/C19H15N5O4/c1-12-10-17(24(26)27)22-23(12)11-28-16-9-5-3-7-14(16)18-20-15-8-4-2-6-13(15)19(25)21-18/h2-10H,11H2,1H3,(H,20,21,25). The van der Waals surface area contributed by atoms with Gasteiger partial charge in [0.05, 0.1) is 33.3 Å². The quantitative estimate of drug-likeness (QED) is 0.422. The molecule has 0 amide bonds. The van der Waals surface area contributed by atoms with E-state index < -0.39 is 4.92 Å². The van der Waals surface area contributed by atoms with Crippen LogP contribution in [0.15, 0.2) is 59.4 Å². The highest BCUT2D eigenvalue weighted by Gasteiger charge is 2.16. The molecule has 9 nitrogen and oxygen atoms in total. The zero-order chi connectivity index (χ0) is 19.7. The second kappa shape index (κ2) is 6.95. The molecule has 4 aromatic rings. The number of ether oxygens (including phenoxy) is 1. The van der Waals surface area contributed by atoms with Crippen molar-refractivity contribution in [3.8, 4) is 17.1 Å². The third kappa shape index (κ3) is 3.20. The summed E-state index contributed by atoms with van der Waals surface area (Å²) < 4.78 is 7.21. The Balaban J connectivity index is 1.68.